The van der Waals surface area contributed by atoms with Gasteiger partial charge in [-0.3, -0.25) is 0 Å². The molecule has 0 fully saturated rings. The number of nitrogens with two attached hydrogens (primary N) is 1. The van der Waals surface area contributed by atoms with Crippen molar-refractivity contribution in [3.05, 3.63) is 50.9 Å². The molecule has 0 saturated carbocycles. The standard InChI is InChI=1S/C12H13ClN2S/c13-11-4-2-1-3-9(11)5-6-10-8-16-12(7-14)15-10/h1-4,8H,5-7,14H2. The van der Waals surface area contributed by atoms with E-state index in [2.05, 4.69) is 16.4 Å². The molecule has 0 saturated heterocycles. The molecule has 1 aromatic heterocycles. The second kappa shape index (κ2) is 5.43. The van der Waals surface area contributed by atoms with Gasteiger partial charge in [-0.1, -0.05) is 29.8 Å². The molecule has 2 aromatic rings. The van der Waals surface area contributed by atoms with Crippen LogP contribution in [0.15, 0.2) is 29.6 Å². The molecule has 0 bridgehead atoms. The molecule has 1 aromatic carbocycles. The Kier molecular flexibility index (Phi) is 3.93. The Morgan fingerprint density at radius 2 is 2.06 bits per heavy atom. The number of hydrogen-bond acceptors (Lipinski definition) is 3. The van der Waals surface area contributed by atoms with E-state index < -0.39 is 0 Å². The van der Waals surface area contributed by atoms with E-state index in [1.165, 1.54) is 5.56 Å². The van der Waals surface area contributed by atoms with E-state index in [-0.39, 0.29) is 0 Å². The smallest absolute Gasteiger partial charge is 0.106 e. The SMILES string of the molecule is NCc1nc(CCc2ccccc2Cl)cs1. The summed E-state index contributed by atoms with van der Waals surface area (Å²) in [5.41, 5.74) is 7.80. The van der Waals surface area contributed by atoms with Crippen molar-refractivity contribution < 1.29 is 0 Å². The summed E-state index contributed by atoms with van der Waals surface area (Å²) in [4.78, 5) is 4.42. The first-order chi connectivity index (χ1) is 7.79. The third-order valence-corrected chi connectivity index (χ3v) is 3.67. The maximum atomic E-state index is 6.09. The minimum absolute atomic E-state index is 0.525. The summed E-state index contributed by atoms with van der Waals surface area (Å²) in [6.45, 7) is 0.525. The first kappa shape index (κ1) is 11.6. The summed E-state index contributed by atoms with van der Waals surface area (Å²) in [6.07, 6.45) is 1.84. The molecule has 0 atom stereocenters. The van der Waals surface area contributed by atoms with Gasteiger partial charge in [0.05, 0.1) is 5.69 Å². The average molecular weight is 253 g/mol. The monoisotopic (exact) mass is 252 g/mol. The van der Waals surface area contributed by atoms with Gasteiger partial charge < -0.3 is 5.73 Å². The fourth-order valence-electron chi connectivity index (χ4n) is 1.52. The van der Waals surface area contributed by atoms with Gasteiger partial charge in [0.25, 0.3) is 0 Å². The van der Waals surface area contributed by atoms with Crippen LogP contribution in [0.1, 0.15) is 16.3 Å². The maximum Gasteiger partial charge on any atom is 0.106 e. The zero-order valence-electron chi connectivity index (χ0n) is 8.82. The second-order valence-corrected chi connectivity index (χ2v) is 4.88. The van der Waals surface area contributed by atoms with E-state index in [0.29, 0.717) is 6.54 Å². The van der Waals surface area contributed by atoms with Gasteiger partial charge in [-0.05, 0) is 24.5 Å². The van der Waals surface area contributed by atoms with Crippen molar-refractivity contribution in [1.29, 1.82) is 0 Å². The van der Waals surface area contributed by atoms with Gasteiger partial charge in [0.1, 0.15) is 5.01 Å². The van der Waals surface area contributed by atoms with Crippen molar-refractivity contribution >= 4 is 22.9 Å². The van der Waals surface area contributed by atoms with Crippen LogP contribution in [0.5, 0.6) is 0 Å². The number of nitrogens with zero attached hydrogens (tertiary/aromatic N) is 1. The van der Waals surface area contributed by atoms with Gasteiger partial charge in [-0.25, -0.2) is 4.98 Å². The molecule has 0 amide bonds. The van der Waals surface area contributed by atoms with Crippen LogP contribution in [0, 0.1) is 0 Å². The molecular formula is C12H13ClN2S. The van der Waals surface area contributed by atoms with Crippen LogP contribution in [0.4, 0.5) is 0 Å². The molecule has 16 heavy (non-hydrogen) atoms. The third-order valence-electron chi connectivity index (χ3n) is 2.38. The van der Waals surface area contributed by atoms with Crippen molar-refractivity contribution in [2.45, 2.75) is 19.4 Å². The maximum absolute atomic E-state index is 6.09. The summed E-state index contributed by atoms with van der Waals surface area (Å²) < 4.78 is 0. The number of aryl methyl sites for hydroxylation is 2. The van der Waals surface area contributed by atoms with Gasteiger partial charge in [-0.15, -0.1) is 11.3 Å². The van der Waals surface area contributed by atoms with Gasteiger partial charge in [0, 0.05) is 16.9 Å². The van der Waals surface area contributed by atoms with Crippen molar-refractivity contribution in [2.75, 3.05) is 0 Å². The van der Waals surface area contributed by atoms with Crippen molar-refractivity contribution in [1.82, 2.24) is 4.98 Å². The van der Waals surface area contributed by atoms with E-state index in [1.54, 1.807) is 11.3 Å². The van der Waals surface area contributed by atoms with E-state index in [4.69, 9.17) is 17.3 Å². The Morgan fingerprint density at radius 3 is 2.75 bits per heavy atom. The lowest BCUT2D eigenvalue weighted by Crippen LogP contribution is -1.97. The number of thiazole rings is 1. The largest absolute Gasteiger partial charge is 0.325 e. The predicted octanol–water partition coefficient (Wildman–Crippen LogP) is 3.04. The molecule has 1 heterocycles. The van der Waals surface area contributed by atoms with Gasteiger partial charge >= 0.3 is 0 Å². The molecule has 0 aliphatic heterocycles. The second-order valence-electron chi connectivity index (χ2n) is 3.53. The van der Waals surface area contributed by atoms with Crippen LogP contribution in [-0.4, -0.2) is 4.98 Å². The molecule has 0 radical (unpaired) electrons. The zero-order valence-corrected chi connectivity index (χ0v) is 10.4. The fraction of sp³-hybridized carbons (Fsp3) is 0.250. The van der Waals surface area contributed by atoms with Crippen LogP contribution >= 0.6 is 22.9 Å². The van der Waals surface area contributed by atoms with Crippen LogP contribution in [-0.2, 0) is 19.4 Å². The van der Waals surface area contributed by atoms with Crippen LogP contribution in [0.2, 0.25) is 5.02 Å². The molecule has 0 unspecified atom stereocenters. The molecule has 84 valence electrons. The Bertz CT molecular complexity index is 468. The first-order valence-corrected chi connectivity index (χ1v) is 6.42. The van der Waals surface area contributed by atoms with Crippen LogP contribution in [0.3, 0.4) is 0 Å². The van der Waals surface area contributed by atoms with Crippen LogP contribution < -0.4 is 5.73 Å². The number of hydrogen-bond donors (Lipinski definition) is 1. The summed E-state index contributed by atoms with van der Waals surface area (Å²) >= 11 is 7.70. The number of rotatable bonds is 4. The van der Waals surface area contributed by atoms with Gasteiger partial charge in [0.15, 0.2) is 0 Å². The number of halogens is 1. The summed E-state index contributed by atoms with van der Waals surface area (Å²) in [5, 5.41) is 3.89. The summed E-state index contributed by atoms with van der Waals surface area (Å²) in [6, 6.07) is 7.93. The predicted molar refractivity (Wildman–Crippen MR) is 68.9 cm³/mol. The summed E-state index contributed by atoms with van der Waals surface area (Å²) in [7, 11) is 0. The lowest BCUT2D eigenvalue weighted by molar-refractivity contribution is 0.904. The molecule has 2 nitrogen and oxygen atoms in total. The highest BCUT2D eigenvalue weighted by molar-refractivity contribution is 7.09. The van der Waals surface area contributed by atoms with Crippen molar-refractivity contribution in [2.24, 2.45) is 5.73 Å². The van der Waals surface area contributed by atoms with E-state index in [0.717, 1.165) is 28.6 Å². The Hall–Kier alpha value is -0.900. The Balaban J connectivity index is 1.99. The van der Waals surface area contributed by atoms with Crippen molar-refractivity contribution in [3.8, 4) is 0 Å². The minimum Gasteiger partial charge on any atom is -0.325 e. The molecule has 0 spiro atoms. The highest BCUT2D eigenvalue weighted by atomic mass is 35.5. The third kappa shape index (κ3) is 2.82. The molecule has 0 aliphatic rings. The Morgan fingerprint density at radius 1 is 1.25 bits per heavy atom. The summed E-state index contributed by atoms with van der Waals surface area (Å²) in [5.74, 6) is 0. The normalized spacial score (nSPS) is 10.6. The minimum atomic E-state index is 0.525. The van der Waals surface area contributed by atoms with E-state index in [9.17, 15) is 0 Å². The Labute approximate surface area is 104 Å². The number of aromatic nitrogens is 1. The van der Waals surface area contributed by atoms with Gasteiger partial charge in [-0.2, -0.15) is 0 Å². The fourth-order valence-corrected chi connectivity index (χ4v) is 2.46. The molecule has 0 aliphatic carbocycles. The topological polar surface area (TPSA) is 38.9 Å². The quantitative estimate of drug-likeness (QED) is 0.909. The van der Waals surface area contributed by atoms with E-state index in [1.807, 2.05) is 18.2 Å². The highest BCUT2D eigenvalue weighted by Crippen LogP contribution is 2.18. The van der Waals surface area contributed by atoms with Crippen LogP contribution in [0.25, 0.3) is 0 Å². The number of benzene rings is 1. The average Bonchev–Trinajstić information content (AvgIpc) is 2.76. The molecule has 4 heteroatoms. The zero-order chi connectivity index (χ0) is 11.4. The van der Waals surface area contributed by atoms with Gasteiger partial charge in [0.2, 0.25) is 0 Å². The molecule has 2 rings (SSSR count). The highest BCUT2D eigenvalue weighted by Gasteiger charge is 2.03. The van der Waals surface area contributed by atoms with Crippen molar-refractivity contribution in [3.63, 3.8) is 0 Å². The molecule has 2 N–H and O–H groups in total. The molecular weight excluding hydrogens is 240 g/mol. The lowest BCUT2D eigenvalue weighted by atomic mass is 10.1. The lowest BCUT2D eigenvalue weighted by Gasteiger charge is -2.01. The first-order valence-electron chi connectivity index (χ1n) is 5.16. The van der Waals surface area contributed by atoms with E-state index >= 15 is 0 Å².